The van der Waals surface area contributed by atoms with E-state index in [2.05, 4.69) is 12.1 Å². The third kappa shape index (κ3) is 1.54. The average molecular weight is 177 g/mol. The summed E-state index contributed by atoms with van der Waals surface area (Å²) >= 11 is 0. The molecule has 0 amide bonds. The first-order valence-electron chi connectivity index (χ1n) is 4.73. The van der Waals surface area contributed by atoms with Crippen molar-refractivity contribution >= 4 is 0 Å². The highest BCUT2D eigenvalue weighted by Crippen LogP contribution is 2.30. The van der Waals surface area contributed by atoms with E-state index in [0.717, 1.165) is 18.6 Å². The second-order valence-electron chi connectivity index (χ2n) is 3.56. The fraction of sp³-hybridized carbons (Fsp3) is 0.455. The van der Waals surface area contributed by atoms with Crippen LogP contribution in [0.1, 0.15) is 30.0 Å². The monoisotopic (exact) mass is 177 g/mol. The third-order valence-corrected chi connectivity index (χ3v) is 2.71. The van der Waals surface area contributed by atoms with Crippen molar-refractivity contribution in [3.63, 3.8) is 0 Å². The van der Waals surface area contributed by atoms with E-state index in [1.807, 2.05) is 6.07 Å². The van der Waals surface area contributed by atoms with Crippen molar-refractivity contribution in [2.75, 3.05) is 7.11 Å². The molecule has 0 heterocycles. The molecule has 0 radical (unpaired) electrons. The molecule has 1 aliphatic carbocycles. The molecule has 70 valence electrons. The van der Waals surface area contributed by atoms with Gasteiger partial charge in [-0.05, 0) is 42.5 Å². The van der Waals surface area contributed by atoms with Crippen molar-refractivity contribution in [3.8, 4) is 5.75 Å². The predicted octanol–water partition coefficient (Wildman–Crippen LogP) is 2.03. The summed E-state index contributed by atoms with van der Waals surface area (Å²) < 4.78 is 5.17. The SMILES string of the molecule is COc1ccc2c(c1)[C@H](N)CCC2. The van der Waals surface area contributed by atoms with Crippen LogP contribution in [0, 0.1) is 0 Å². The molecule has 0 aromatic heterocycles. The summed E-state index contributed by atoms with van der Waals surface area (Å²) in [6, 6.07) is 6.42. The number of benzene rings is 1. The van der Waals surface area contributed by atoms with E-state index < -0.39 is 0 Å². The molecule has 0 unspecified atom stereocenters. The largest absolute Gasteiger partial charge is 0.497 e. The van der Waals surface area contributed by atoms with Crippen molar-refractivity contribution in [1.82, 2.24) is 0 Å². The van der Waals surface area contributed by atoms with Crippen LogP contribution in [0.5, 0.6) is 5.75 Å². The molecule has 0 fully saturated rings. The van der Waals surface area contributed by atoms with Gasteiger partial charge in [-0.1, -0.05) is 6.07 Å². The van der Waals surface area contributed by atoms with Crippen LogP contribution < -0.4 is 10.5 Å². The normalized spacial score (nSPS) is 20.9. The molecule has 1 atom stereocenters. The van der Waals surface area contributed by atoms with Gasteiger partial charge in [-0.3, -0.25) is 0 Å². The Morgan fingerprint density at radius 3 is 3.08 bits per heavy atom. The quantitative estimate of drug-likeness (QED) is 0.712. The maximum Gasteiger partial charge on any atom is 0.119 e. The van der Waals surface area contributed by atoms with Gasteiger partial charge in [0.15, 0.2) is 0 Å². The van der Waals surface area contributed by atoms with Crippen molar-refractivity contribution in [1.29, 1.82) is 0 Å². The van der Waals surface area contributed by atoms with Crippen LogP contribution in [0.2, 0.25) is 0 Å². The number of methoxy groups -OCH3 is 1. The molecule has 0 saturated heterocycles. The Kier molecular flexibility index (Phi) is 2.23. The topological polar surface area (TPSA) is 35.2 Å². The molecule has 2 nitrogen and oxygen atoms in total. The highest BCUT2D eigenvalue weighted by Gasteiger charge is 2.16. The Balaban J connectivity index is 2.41. The van der Waals surface area contributed by atoms with Gasteiger partial charge in [0.05, 0.1) is 7.11 Å². The van der Waals surface area contributed by atoms with Crippen molar-refractivity contribution in [2.45, 2.75) is 25.3 Å². The lowest BCUT2D eigenvalue weighted by atomic mass is 9.88. The minimum Gasteiger partial charge on any atom is -0.497 e. The molecule has 1 aromatic carbocycles. The molecule has 0 spiro atoms. The second-order valence-corrected chi connectivity index (χ2v) is 3.56. The van der Waals surface area contributed by atoms with Crippen LogP contribution in [0.25, 0.3) is 0 Å². The Morgan fingerprint density at radius 1 is 1.46 bits per heavy atom. The van der Waals surface area contributed by atoms with E-state index in [4.69, 9.17) is 10.5 Å². The lowest BCUT2D eigenvalue weighted by Crippen LogP contribution is -2.17. The van der Waals surface area contributed by atoms with Gasteiger partial charge in [-0.15, -0.1) is 0 Å². The van der Waals surface area contributed by atoms with Crippen LogP contribution in [-0.4, -0.2) is 7.11 Å². The first-order chi connectivity index (χ1) is 6.31. The summed E-state index contributed by atoms with van der Waals surface area (Å²) in [4.78, 5) is 0. The van der Waals surface area contributed by atoms with Gasteiger partial charge in [-0.25, -0.2) is 0 Å². The Bertz CT molecular complexity index is 309. The zero-order chi connectivity index (χ0) is 9.26. The Labute approximate surface area is 78.7 Å². The highest BCUT2D eigenvalue weighted by atomic mass is 16.5. The van der Waals surface area contributed by atoms with Gasteiger partial charge in [0.2, 0.25) is 0 Å². The molecule has 2 heteroatoms. The van der Waals surface area contributed by atoms with E-state index in [-0.39, 0.29) is 6.04 Å². The minimum absolute atomic E-state index is 0.207. The molecule has 1 aliphatic rings. The number of ether oxygens (including phenoxy) is 1. The average Bonchev–Trinajstić information content (AvgIpc) is 2.18. The first kappa shape index (κ1) is 8.57. The van der Waals surface area contributed by atoms with Crippen molar-refractivity contribution in [2.24, 2.45) is 5.73 Å². The first-order valence-corrected chi connectivity index (χ1v) is 4.73. The maximum absolute atomic E-state index is 6.01. The molecular weight excluding hydrogens is 162 g/mol. The summed E-state index contributed by atoms with van der Waals surface area (Å²) in [5.41, 5.74) is 8.67. The fourth-order valence-electron chi connectivity index (χ4n) is 1.94. The zero-order valence-electron chi connectivity index (χ0n) is 7.92. The third-order valence-electron chi connectivity index (χ3n) is 2.71. The van der Waals surface area contributed by atoms with Crippen LogP contribution in [0.3, 0.4) is 0 Å². The van der Waals surface area contributed by atoms with Crippen LogP contribution in [0.15, 0.2) is 18.2 Å². The van der Waals surface area contributed by atoms with E-state index in [1.165, 1.54) is 17.5 Å². The van der Waals surface area contributed by atoms with Crippen molar-refractivity contribution in [3.05, 3.63) is 29.3 Å². The van der Waals surface area contributed by atoms with E-state index in [1.54, 1.807) is 7.11 Å². The summed E-state index contributed by atoms with van der Waals surface area (Å²) in [5.74, 6) is 0.913. The lowest BCUT2D eigenvalue weighted by molar-refractivity contribution is 0.412. The molecule has 0 saturated carbocycles. The molecule has 2 rings (SSSR count). The van der Waals surface area contributed by atoms with Gasteiger partial charge in [-0.2, -0.15) is 0 Å². The van der Waals surface area contributed by atoms with Gasteiger partial charge >= 0.3 is 0 Å². The van der Waals surface area contributed by atoms with Gasteiger partial charge in [0, 0.05) is 6.04 Å². The van der Waals surface area contributed by atoms with Gasteiger partial charge < -0.3 is 10.5 Å². The second kappa shape index (κ2) is 3.38. The summed E-state index contributed by atoms with van der Waals surface area (Å²) in [5, 5.41) is 0. The van der Waals surface area contributed by atoms with Crippen LogP contribution in [0.4, 0.5) is 0 Å². The van der Waals surface area contributed by atoms with Crippen LogP contribution in [-0.2, 0) is 6.42 Å². The smallest absolute Gasteiger partial charge is 0.119 e. The predicted molar refractivity (Wildman–Crippen MR) is 52.9 cm³/mol. The standard InChI is InChI=1S/C11H15NO/c1-13-9-6-5-8-3-2-4-11(12)10(8)7-9/h5-7,11H,2-4,12H2,1H3/t11-/m1/s1. The van der Waals surface area contributed by atoms with Gasteiger partial charge in [0.25, 0.3) is 0 Å². The number of rotatable bonds is 1. The van der Waals surface area contributed by atoms with Crippen LogP contribution >= 0.6 is 0 Å². The fourth-order valence-corrected chi connectivity index (χ4v) is 1.94. The highest BCUT2D eigenvalue weighted by molar-refractivity contribution is 5.38. The lowest BCUT2D eigenvalue weighted by Gasteiger charge is -2.22. The van der Waals surface area contributed by atoms with E-state index in [0.29, 0.717) is 0 Å². The van der Waals surface area contributed by atoms with E-state index in [9.17, 15) is 0 Å². The number of hydrogen-bond donors (Lipinski definition) is 1. The van der Waals surface area contributed by atoms with E-state index >= 15 is 0 Å². The Morgan fingerprint density at radius 2 is 2.31 bits per heavy atom. The molecule has 2 N–H and O–H groups in total. The number of aryl methyl sites for hydroxylation is 1. The Hall–Kier alpha value is -1.02. The summed E-state index contributed by atoms with van der Waals surface area (Å²) in [6.07, 6.45) is 3.47. The summed E-state index contributed by atoms with van der Waals surface area (Å²) in [6.45, 7) is 0. The number of hydrogen-bond acceptors (Lipinski definition) is 2. The molecule has 0 bridgehead atoms. The molecule has 13 heavy (non-hydrogen) atoms. The molecular formula is C11H15NO. The molecule has 1 aromatic rings. The summed E-state index contributed by atoms with van der Waals surface area (Å²) in [7, 11) is 1.69. The number of nitrogens with two attached hydrogens (primary N) is 1. The molecule has 0 aliphatic heterocycles. The van der Waals surface area contributed by atoms with Gasteiger partial charge in [0.1, 0.15) is 5.75 Å². The van der Waals surface area contributed by atoms with Crippen molar-refractivity contribution < 1.29 is 4.74 Å². The number of fused-ring (bicyclic) bond motifs is 1. The zero-order valence-corrected chi connectivity index (χ0v) is 7.92. The maximum atomic E-state index is 6.01. The minimum atomic E-state index is 0.207.